The molecule has 4 nitrogen and oxygen atoms in total. The summed E-state index contributed by atoms with van der Waals surface area (Å²) in [5, 5.41) is 0. The molecule has 0 radical (unpaired) electrons. The van der Waals surface area contributed by atoms with Crippen LogP contribution in [0.15, 0.2) is 54.6 Å². The summed E-state index contributed by atoms with van der Waals surface area (Å²) < 4.78 is 10.4. The molecule has 1 saturated heterocycles. The summed E-state index contributed by atoms with van der Waals surface area (Å²) in [5.41, 5.74) is 2.11. The summed E-state index contributed by atoms with van der Waals surface area (Å²) >= 11 is 0. The Kier molecular flexibility index (Phi) is 4.00. The zero-order chi connectivity index (χ0) is 15.5. The summed E-state index contributed by atoms with van der Waals surface area (Å²) in [4.78, 5) is 14.3. The van der Waals surface area contributed by atoms with Gasteiger partial charge in [0, 0.05) is 5.69 Å². The number of ether oxygens (including phenoxy) is 2. The van der Waals surface area contributed by atoms with E-state index in [0.717, 1.165) is 17.0 Å². The van der Waals surface area contributed by atoms with Gasteiger partial charge in [-0.05, 0) is 36.8 Å². The van der Waals surface area contributed by atoms with Crippen molar-refractivity contribution < 1.29 is 14.3 Å². The lowest BCUT2D eigenvalue weighted by Crippen LogP contribution is -2.15. The third-order valence-electron chi connectivity index (χ3n) is 3.85. The topological polar surface area (TPSA) is 38.5 Å². The molecule has 2 aromatic rings. The Balaban J connectivity index is 1.88. The third-order valence-corrected chi connectivity index (χ3v) is 3.85. The van der Waals surface area contributed by atoms with Gasteiger partial charge >= 0.3 is 5.97 Å². The highest BCUT2D eigenvalue weighted by atomic mass is 16.5. The number of rotatable bonds is 5. The second kappa shape index (κ2) is 6.10. The first-order valence-electron chi connectivity index (χ1n) is 7.40. The van der Waals surface area contributed by atoms with Crippen molar-refractivity contribution >= 4 is 11.7 Å². The first kappa shape index (κ1) is 14.4. The molecule has 4 heteroatoms. The van der Waals surface area contributed by atoms with E-state index in [0.29, 0.717) is 6.61 Å². The number of hydrogen-bond acceptors (Lipinski definition) is 4. The smallest absolute Gasteiger partial charge is 0.331 e. The summed E-state index contributed by atoms with van der Waals surface area (Å²) in [7, 11) is 1.64. The Bertz CT molecular complexity index is 639. The van der Waals surface area contributed by atoms with Gasteiger partial charge in [-0.3, -0.25) is 0 Å². The number of hydrogen-bond donors (Lipinski definition) is 0. The van der Waals surface area contributed by atoms with Gasteiger partial charge in [0.05, 0.1) is 19.8 Å². The van der Waals surface area contributed by atoms with Crippen LogP contribution in [0.4, 0.5) is 5.69 Å². The molecule has 2 atom stereocenters. The van der Waals surface area contributed by atoms with Crippen LogP contribution < -0.4 is 9.64 Å². The van der Waals surface area contributed by atoms with Crippen LogP contribution in [-0.4, -0.2) is 25.7 Å². The maximum atomic E-state index is 12.2. The second-order valence-electron chi connectivity index (χ2n) is 5.16. The SMILES string of the molecule is CCOC(=O)[C@H]1C(c2ccccc2)N1c1ccc(OC)cc1. The number of esters is 1. The van der Waals surface area contributed by atoms with E-state index >= 15 is 0 Å². The normalized spacial score (nSPS) is 19.6. The molecule has 1 unspecified atom stereocenters. The van der Waals surface area contributed by atoms with Crippen LogP contribution in [0.3, 0.4) is 0 Å². The molecule has 0 amide bonds. The minimum Gasteiger partial charge on any atom is -0.497 e. The third kappa shape index (κ3) is 2.64. The lowest BCUT2D eigenvalue weighted by molar-refractivity contribution is -0.142. The first-order chi connectivity index (χ1) is 10.8. The number of carbonyl (C=O) groups is 1. The lowest BCUT2D eigenvalue weighted by atomic mass is 10.1. The molecule has 3 rings (SSSR count). The van der Waals surface area contributed by atoms with Crippen molar-refractivity contribution in [2.75, 3.05) is 18.6 Å². The van der Waals surface area contributed by atoms with Gasteiger partial charge in [-0.15, -0.1) is 0 Å². The van der Waals surface area contributed by atoms with Crippen LogP contribution in [0, 0.1) is 0 Å². The zero-order valence-corrected chi connectivity index (χ0v) is 12.7. The summed E-state index contributed by atoms with van der Waals surface area (Å²) in [6.45, 7) is 2.23. The van der Waals surface area contributed by atoms with Crippen molar-refractivity contribution in [2.45, 2.75) is 19.0 Å². The molecule has 0 N–H and O–H groups in total. The zero-order valence-electron chi connectivity index (χ0n) is 12.7. The van der Waals surface area contributed by atoms with Gasteiger partial charge in [-0.25, -0.2) is 4.79 Å². The maximum absolute atomic E-state index is 12.2. The van der Waals surface area contributed by atoms with Gasteiger partial charge in [-0.2, -0.15) is 0 Å². The molecular formula is C18H19NO3. The Morgan fingerprint density at radius 1 is 1.09 bits per heavy atom. The van der Waals surface area contributed by atoms with Crippen molar-refractivity contribution in [3.63, 3.8) is 0 Å². The lowest BCUT2D eigenvalue weighted by Gasteiger charge is -2.07. The highest BCUT2D eigenvalue weighted by Crippen LogP contribution is 2.47. The van der Waals surface area contributed by atoms with Crippen molar-refractivity contribution in [1.29, 1.82) is 0 Å². The van der Waals surface area contributed by atoms with Gasteiger partial charge in [-0.1, -0.05) is 30.3 Å². The quantitative estimate of drug-likeness (QED) is 0.627. The fraction of sp³-hybridized carbons (Fsp3) is 0.278. The molecule has 1 aliphatic rings. The van der Waals surface area contributed by atoms with Crippen LogP contribution >= 0.6 is 0 Å². The van der Waals surface area contributed by atoms with Crippen molar-refractivity contribution in [3.8, 4) is 5.75 Å². The van der Waals surface area contributed by atoms with E-state index in [1.165, 1.54) is 0 Å². The molecular weight excluding hydrogens is 278 g/mol. The van der Waals surface area contributed by atoms with E-state index < -0.39 is 0 Å². The van der Waals surface area contributed by atoms with Crippen LogP contribution in [0.1, 0.15) is 18.5 Å². The Morgan fingerprint density at radius 2 is 1.77 bits per heavy atom. The van der Waals surface area contributed by atoms with Gasteiger partial charge in [0.2, 0.25) is 0 Å². The average molecular weight is 297 g/mol. The summed E-state index contributed by atoms with van der Waals surface area (Å²) in [6, 6.07) is 17.6. The minimum atomic E-state index is -0.254. The fourth-order valence-corrected chi connectivity index (χ4v) is 2.77. The molecule has 22 heavy (non-hydrogen) atoms. The van der Waals surface area contributed by atoms with Gasteiger partial charge in [0.25, 0.3) is 0 Å². The first-order valence-corrected chi connectivity index (χ1v) is 7.40. The van der Waals surface area contributed by atoms with Gasteiger partial charge < -0.3 is 14.4 Å². The number of carbonyl (C=O) groups excluding carboxylic acids is 1. The van der Waals surface area contributed by atoms with Crippen molar-refractivity contribution in [2.24, 2.45) is 0 Å². The summed E-state index contributed by atoms with van der Waals surface area (Å²) in [5.74, 6) is 0.627. The fourth-order valence-electron chi connectivity index (χ4n) is 2.77. The molecule has 2 aromatic carbocycles. The standard InChI is InChI=1S/C18H19NO3/c1-3-22-18(20)17-16(13-7-5-4-6-8-13)19(17)14-9-11-15(21-2)12-10-14/h4-12,16-17H,3H2,1-2H3/t16?,17-,19?/m1/s1. The highest BCUT2D eigenvalue weighted by molar-refractivity contribution is 5.89. The summed E-state index contributed by atoms with van der Waals surface area (Å²) in [6.07, 6.45) is 0. The second-order valence-corrected chi connectivity index (χ2v) is 5.16. The Hall–Kier alpha value is -2.49. The van der Waals surface area contributed by atoms with Crippen molar-refractivity contribution in [1.82, 2.24) is 0 Å². The molecule has 114 valence electrons. The Labute approximate surface area is 130 Å². The molecule has 0 bridgehead atoms. The van der Waals surface area contributed by atoms with Gasteiger partial charge in [0.15, 0.2) is 6.04 Å². The van der Waals surface area contributed by atoms with Crippen LogP contribution in [0.2, 0.25) is 0 Å². The number of benzene rings is 2. The van der Waals surface area contributed by atoms with Crippen molar-refractivity contribution in [3.05, 3.63) is 60.2 Å². The average Bonchev–Trinajstić information content (AvgIpc) is 3.32. The number of anilines is 1. The van der Waals surface area contributed by atoms with E-state index in [-0.39, 0.29) is 18.1 Å². The highest BCUT2D eigenvalue weighted by Gasteiger charge is 2.54. The monoisotopic (exact) mass is 297 g/mol. The molecule has 1 fully saturated rings. The largest absolute Gasteiger partial charge is 0.497 e. The van der Waals surface area contributed by atoms with E-state index in [1.807, 2.05) is 61.5 Å². The van der Waals surface area contributed by atoms with Crippen LogP contribution in [0.5, 0.6) is 5.75 Å². The van der Waals surface area contributed by atoms with E-state index in [9.17, 15) is 4.79 Å². The number of methoxy groups -OCH3 is 1. The molecule has 1 aliphatic heterocycles. The molecule has 1 heterocycles. The molecule has 0 aromatic heterocycles. The van der Waals surface area contributed by atoms with Gasteiger partial charge in [0.1, 0.15) is 5.75 Å². The maximum Gasteiger partial charge on any atom is 0.331 e. The predicted octanol–water partition coefficient (Wildman–Crippen LogP) is 3.19. The molecule has 0 saturated carbocycles. The van der Waals surface area contributed by atoms with E-state index in [2.05, 4.69) is 4.90 Å². The molecule has 0 aliphatic carbocycles. The minimum absolute atomic E-state index is 0.0358. The van der Waals surface area contributed by atoms with E-state index in [4.69, 9.17) is 9.47 Å². The molecule has 0 spiro atoms. The predicted molar refractivity (Wildman–Crippen MR) is 85.1 cm³/mol. The Morgan fingerprint density at radius 3 is 2.36 bits per heavy atom. The van der Waals surface area contributed by atoms with Crippen LogP contribution in [-0.2, 0) is 9.53 Å². The van der Waals surface area contributed by atoms with E-state index in [1.54, 1.807) is 7.11 Å². The van der Waals surface area contributed by atoms with Crippen LogP contribution in [0.25, 0.3) is 0 Å². The number of nitrogens with zero attached hydrogens (tertiary/aromatic N) is 1.